The smallest absolute Gasteiger partial charge is 0.416 e. The Labute approximate surface area is 141 Å². The third-order valence-electron chi connectivity index (χ3n) is 3.10. The number of hydrogen-bond donors (Lipinski definition) is 1. The van der Waals surface area contributed by atoms with Crippen molar-refractivity contribution in [3.63, 3.8) is 0 Å². The average molecular weight is 372 g/mol. The fourth-order valence-corrected chi connectivity index (χ4v) is 1.98. The van der Waals surface area contributed by atoms with Gasteiger partial charge in [0.2, 0.25) is 0 Å². The molecule has 2 rings (SSSR count). The first-order valence-corrected chi connectivity index (χ1v) is 6.56. The Morgan fingerprint density at radius 1 is 1.04 bits per heavy atom. The van der Waals surface area contributed by atoms with Crippen LogP contribution in [0.3, 0.4) is 0 Å². The van der Waals surface area contributed by atoms with Crippen molar-refractivity contribution in [2.45, 2.75) is 6.18 Å². The Bertz CT molecular complexity index is 877. The molecule has 0 unspecified atom stereocenters. The summed E-state index contributed by atoms with van der Waals surface area (Å²) in [5.74, 6) is -3.12. The minimum Gasteiger partial charge on any atom is -0.478 e. The predicted molar refractivity (Wildman–Crippen MR) is 78.2 cm³/mol. The molecule has 0 saturated carbocycles. The van der Waals surface area contributed by atoms with Gasteiger partial charge in [0.25, 0.3) is 5.75 Å². The summed E-state index contributed by atoms with van der Waals surface area (Å²) in [7, 11) is 0. The monoisotopic (exact) mass is 372 g/mol. The van der Waals surface area contributed by atoms with Gasteiger partial charge in [0.05, 0.1) is 15.4 Å². The number of nitro benzene ring substituents is 2. The van der Waals surface area contributed by atoms with Crippen LogP contribution in [-0.2, 0) is 6.18 Å². The van der Waals surface area contributed by atoms with Crippen LogP contribution in [0.25, 0.3) is 0 Å². The lowest BCUT2D eigenvalue weighted by atomic mass is 10.1. The van der Waals surface area contributed by atoms with Crippen LogP contribution in [0.2, 0.25) is 0 Å². The van der Waals surface area contributed by atoms with E-state index in [0.717, 1.165) is 12.1 Å². The van der Waals surface area contributed by atoms with Crippen LogP contribution in [0, 0.1) is 20.2 Å². The van der Waals surface area contributed by atoms with Crippen LogP contribution in [0.15, 0.2) is 36.4 Å². The van der Waals surface area contributed by atoms with Gasteiger partial charge >= 0.3 is 23.5 Å². The predicted octanol–water partition coefficient (Wildman–Crippen LogP) is 4.01. The molecule has 1 N–H and O–H groups in total. The normalized spacial score (nSPS) is 11.0. The van der Waals surface area contributed by atoms with E-state index in [-0.39, 0.29) is 12.1 Å². The minimum atomic E-state index is -5.08. The molecule has 2 aromatic rings. The van der Waals surface area contributed by atoms with Crippen molar-refractivity contribution in [1.82, 2.24) is 0 Å². The molecule has 0 heterocycles. The Hall–Kier alpha value is -3.70. The second kappa shape index (κ2) is 6.66. The topological polar surface area (TPSA) is 133 Å². The van der Waals surface area contributed by atoms with E-state index in [1.807, 2.05) is 0 Å². The molecule has 0 bridgehead atoms. The van der Waals surface area contributed by atoms with Crippen molar-refractivity contribution < 1.29 is 37.7 Å². The summed E-state index contributed by atoms with van der Waals surface area (Å²) in [4.78, 5) is 30.8. The molecule has 0 aliphatic carbocycles. The van der Waals surface area contributed by atoms with Crippen LogP contribution in [0.4, 0.5) is 24.5 Å². The Kier molecular flexibility index (Phi) is 4.77. The number of nitro groups is 2. The summed E-state index contributed by atoms with van der Waals surface area (Å²) in [5, 5.41) is 31.3. The Balaban J connectivity index is 2.73. The molecule has 0 aromatic heterocycles. The molecule has 0 spiro atoms. The van der Waals surface area contributed by atoms with Crippen molar-refractivity contribution in [3.8, 4) is 11.5 Å². The Morgan fingerprint density at radius 3 is 1.96 bits per heavy atom. The third-order valence-corrected chi connectivity index (χ3v) is 3.10. The number of benzene rings is 2. The van der Waals surface area contributed by atoms with E-state index in [9.17, 15) is 38.2 Å². The Morgan fingerprint density at radius 2 is 1.54 bits per heavy atom. The summed E-state index contributed by atoms with van der Waals surface area (Å²) in [6.45, 7) is 0. The molecular formula is C14H7F3N2O7. The maximum absolute atomic E-state index is 12.8. The van der Waals surface area contributed by atoms with E-state index in [4.69, 9.17) is 9.84 Å². The molecule has 0 aliphatic heterocycles. The maximum atomic E-state index is 12.8. The van der Waals surface area contributed by atoms with Crippen molar-refractivity contribution in [2.24, 2.45) is 0 Å². The van der Waals surface area contributed by atoms with Gasteiger partial charge in [-0.1, -0.05) is 12.1 Å². The van der Waals surface area contributed by atoms with E-state index in [2.05, 4.69) is 0 Å². The van der Waals surface area contributed by atoms with Gasteiger partial charge in [0, 0.05) is 12.1 Å². The largest absolute Gasteiger partial charge is 0.478 e. The fraction of sp³-hybridized carbons (Fsp3) is 0.0714. The lowest BCUT2D eigenvalue weighted by Gasteiger charge is -2.12. The van der Waals surface area contributed by atoms with Gasteiger partial charge in [0.15, 0.2) is 0 Å². The van der Waals surface area contributed by atoms with E-state index < -0.39 is 56.0 Å². The van der Waals surface area contributed by atoms with Crippen LogP contribution in [-0.4, -0.2) is 20.9 Å². The second-order valence-corrected chi connectivity index (χ2v) is 4.76. The zero-order valence-electron chi connectivity index (χ0n) is 12.4. The molecule has 12 heteroatoms. The number of ether oxygens (including phenoxy) is 1. The van der Waals surface area contributed by atoms with Crippen LogP contribution in [0.1, 0.15) is 15.9 Å². The van der Waals surface area contributed by atoms with Gasteiger partial charge in [-0.15, -0.1) is 0 Å². The van der Waals surface area contributed by atoms with Gasteiger partial charge in [-0.2, -0.15) is 13.2 Å². The zero-order valence-corrected chi connectivity index (χ0v) is 12.4. The zero-order chi connectivity index (χ0) is 19.6. The molecule has 2 aromatic carbocycles. The maximum Gasteiger partial charge on any atom is 0.416 e. The van der Waals surface area contributed by atoms with Crippen LogP contribution in [0.5, 0.6) is 11.5 Å². The molecular weight excluding hydrogens is 365 g/mol. The lowest BCUT2D eigenvalue weighted by molar-refractivity contribution is -0.396. The highest BCUT2D eigenvalue weighted by atomic mass is 19.4. The summed E-state index contributed by atoms with van der Waals surface area (Å²) < 4.78 is 43.5. The van der Waals surface area contributed by atoms with E-state index in [0.29, 0.717) is 0 Å². The number of rotatable bonds is 5. The van der Waals surface area contributed by atoms with Gasteiger partial charge in [-0.3, -0.25) is 20.2 Å². The van der Waals surface area contributed by atoms with E-state index in [1.54, 1.807) is 0 Å². The number of nitrogens with zero attached hydrogens (tertiary/aromatic N) is 2. The molecule has 0 amide bonds. The van der Waals surface area contributed by atoms with Gasteiger partial charge < -0.3 is 9.84 Å². The highest BCUT2D eigenvalue weighted by Crippen LogP contribution is 2.44. The van der Waals surface area contributed by atoms with E-state index in [1.165, 1.54) is 12.1 Å². The SMILES string of the molecule is O=C(O)c1ccccc1Oc1c([N+](=O)[O-])cc(C(F)(F)F)cc1[N+](=O)[O-]. The molecule has 0 aliphatic rings. The van der Waals surface area contributed by atoms with Crippen LogP contribution >= 0.6 is 0 Å². The van der Waals surface area contributed by atoms with Crippen molar-refractivity contribution in [1.29, 1.82) is 0 Å². The molecule has 0 saturated heterocycles. The van der Waals surface area contributed by atoms with Crippen LogP contribution < -0.4 is 4.74 Å². The number of halogens is 3. The quantitative estimate of drug-likeness (QED) is 0.619. The minimum absolute atomic E-state index is 0.0751. The highest BCUT2D eigenvalue weighted by Gasteiger charge is 2.39. The van der Waals surface area contributed by atoms with Crippen molar-refractivity contribution >= 4 is 17.3 Å². The number of hydrogen-bond acceptors (Lipinski definition) is 6. The lowest BCUT2D eigenvalue weighted by Crippen LogP contribution is -2.09. The number of para-hydroxylation sites is 1. The first-order valence-electron chi connectivity index (χ1n) is 6.56. The number of aromatic carboxylic acids is 1. The number of carboxylic acid groups (broad SMARTS) is 1. The molecule has 0 atom stereocenters. The molecule has 0 fully saturated rings. The highest BCUT2D eigenvalue weighted by molar-refractivity contribution is 5.91. The fourth-order valence-electron chi connectivity index (χ4n) is 1.98. The first kappa shape index (κ1) is 18.6. The van der Waals surface area contributed by atoms with Gasteiger partial charge in [0.1, 0.15) is 11.3 Å². The number of alkyl halides is 3. The number of carboxylic acids is 1. The number of carbonyl (C=O) groups is 1. The summed E-state index contributed by atoms with van der Waals surface area (Å²) in [5.41, 5.74) is -4.76. The van der Waals surface area contributed by atoms with E-state index >= 15 is 0 Å². The summed E-state index contributed by atoms with van der Waals surface area (Å²) >= 11 is 0. The third kappa shape index (κ3) is 3.68. The summed E-state index contributed by atoms with van der Waals surface area (Å²) in [6.07, 6.45) is -5.08. The standard InChI is InChI=1S/C14H7F3N2O7/c15-14(16,17)7-5-9(18(22)23)12(10(6-7)19(24)25)26-11-4-2-1-3-8(11)13(20)21/h1-6H,(H,20,21). The molecule has 0 radical (unpaired) electrons. The second-order valence-electron chi connectivity index (χ2n) is 4.76. The van der Waals surface area contributed by atoms with Crippen molar-refractivity contribution in [3.05, 3.63) is 67.8 Å². The average Bonchev–Trinajstić information content (AvgIpc) is 2.53. The summed E-state index contributed by atoms with van der Waals surface area (Å²) in [6, 6.07) is 4.83. The van der Waals surface area contributed by atoms with Gasteiger partial charge in [-0.25, -0.2) is 4.79 Å². The molecule has 26 heavy (non-hydrogen) atoms. The molecule has 136 valence electrons. The first-order chi connectivity index (χ1) is 12.0. The van der Waals surface area contributed by atoms with Gasteiger partial charge in [-0.05, 0) is 12.1 Å². The van der Waals surface area contributed by atoms with Crippen molar-refractivity contribution in [2.75, 3.05) is 0 Å². The molecule has 9 nitrogen and oxygen atoms in total.